The number of amidine groups is 1. The zero-order valence-electron chi connectivity index (χ0n) is 20.5. The van der Waals surface area contributed by atoms with E-state index in [-0.39, 0.29) is 22.3 Å². The van der Waals surface area contributed by atoms with E-state index in [0.29, 0.717) is 11.6 Å². The van der Waals surface area contributed by atoms with Crippen LogP contribution in [0.15, 0.2) is 76.8 Å². The van der Waals surface area contributed by atoms with Crippen LogP contribution in [0.4, 0.5) is 13.2 Å². The molecule has 4 rings (SSSR count). The molecule has 13 heteroatoms. The Bertz CT molecular complexity index is 1530. The van der Waals surface area contributed by atoms with Crippen molar-refractivity contribution in [1.82, 2.24) is 15.6 Å². The van der Waals surface area contributed by atoms with Crippen molar-refractivity contribution in [1.29, 1.82) is 5.41 Å². The predicted octanol–water partition coefficient (Wildman–Crippen LogP) is 3.07. The van der Waals surface area contributed by atoms with Gasteiger partial charge in [-0.15, -0.1) is 0 Å². The monoisotopic (exact) mass is 559 g/mol. The van der Waals surface area contributed by atoms with Gasteiger partial charge >= 0.3 is 6.18 Å². The molecule has 204 valence electrons. The molecule has 2 unspecified atom stereocenters. The molecule has 2 aromatic carbocycles. The molecule has 0 radical (unpaired) electrons. The number of rotatable bonds is 9. The van der Waals surface area contributed by atoms with E-state index in [2.05, 4.69) is 15.6 Å². The second-order valence-corrected chi connectivity index (χ2v) is 11.0. The number of hydrogen-bond acceptors (Lipinski definition) is 7. The molecule has 3 atom stereocenters. The van der Waals surface area contributed by atoms with Crippen LogP contribution in [0.3, 0.4) is 0 Å². The summed E-state index contributed by atoms with van der Waals surface area (Å²) < 4.78 is 67.3. The van der Waals surface area contributed by atoms with Crippen LogP contribution in [0.2, 0.25) is 0 Å². The van der Waals surface area contributed by atoms with E-state index in [1.54, 1.807) is 24.3 Å². The number of Topliss-reactive ketones (excluding diaryl/α,β-unsaturated/α-hetero) is 1. The largest absolute Gasteiger partial charge is 0.417 e. The van der Waals surface area contributed by atoms with Gasteiger partial charge in [-0.2, -0.15) is 13.2 Å². The third-order valence-electron chi connectivity index (χ3n) is 6.27. The van der Waals surface area contributed by atoms with E-state index >= 15 is 0 Å². The Kier molecular flexibility index (Phi) is 7.57. The second kappa shape index (κ2) is 10.6. The zero-order valence-corrected chi connectivity index (χ0v) is 21.3. The average molecular weight is 560 g/mol. The van der Waals surface area contributed by atoms with Gasteiger partial charge in [0.15, 0.2) is 5.78 Å². The molecule has 1 aliphatic rings. The van der Waals surface area contributed by atoms with Gasteiger partial charge in [-0.05, 0) is 42.3 Å². The number of halogens is 3. The number of aromatic nitrogens is 1. The van der Waals surface area contributed by atoms with Gasteiger partial charge in [-0.25, -0.2) is 8.42 Å². The van der Waals surface area contributed by atoms with Crippen molar-refractivity contribution in [2.75, 3.05) is 0 Å². The molecule has 2 heterocycles. The molecule has 0 spiro atoms. The summed E-state index contributed by atoms with van der Waals surface area (Å²) in [5.41, 5.74) is 5.39. The maximum absolute atomic E-state index is 13.9. The van der Waals surface area contributed by atoms with Crippen LogP contribution in [0, 0.1) is 5.41 Å². The van der Waals surface area contributed by atoms with Crippen LogP contribution < -0.4 is 16.4 Å². The summed E-state index contributed by atoms with van der Waals surface area (Å²) in [7, 11) is -4.51. The molecule has 1 amide bonds. The lowest BCUT2D eigenvalue weighted by Crippen LogP contribution is -2.30. The number of nitrogens with zero attached hydrogens (tertiary/aromatic N) is 1. The quantitative estimate of drug-likeness (QED) is 0.135. The van der Waals surface area contributed by atoms with E-state index in [1.165, 1.54) is 25.3 Å². The van der Waals surface area contributed by atoms with Crippen molar-refractivity contribution in [3.8, 4) is 0 Å². The highest BCUT2D eigenvalue weighted by atomic mass is 32.2. The third kappa shape index (κ3) is 6.15. The Hall–Kier alpha value is -4.10. The van der Waals surface area contributed by atoms with Crippen LogP contribution in [0.1, 0.15) is 47.7 Å². The summed E-state index contributed by atoms with van der Waals surface area (Å²) in [6, 6.07) is 10.1. The minimum Gasteiger partial charge on any atom is -0.384 e. The topological polar surface area (TPSA) is 165 Å². The molecule has 39 heavy (non-hydrogen) atoms. The molecule has 1 aromatic heterocycles. The van der Waals surface area contributed by atoms with Crippen molar-refractivity contribution in [3.05, 3.63) is 89.2 Å². The minimum absolute atomic E-state index is 0.0150. The van der Waals surface area contributed by atoms with Crippen LogP contribution in [0.5, 0.6) is 0 Å². The summed E-state index contributed by atoms with van der Waals surface area (Å²) in [4.78, 5) is 27.4. The molecule has 1 aliphatic heterocycles. The number of nitrogens with one attached hydrogen (secondary N) is 3. The Morgan fingerprint density at radius 2 is 1.85 bits per heavy atom. The fourth-order valence-electron chi connectivity index (χ4n) is 4.13. The number of alkyl halides is 3. The number of nitrogens with two attached hydrogens (primary N) is 1. The van der Waals surface area contributed by atoms with E-state index in [1.807, 2.05) is 0 Å². The fourth-order valence-corrected chi connectivity index (χ4v) is 5.55. The first-order chi connectivity index (χ1) is 18.3. The number of carbonyl (C=O) groups excluding carboxylic acids is 2. The summed E-state index contributed by atoms with van der Waals surface area (Å²) in [5.74, 6) is -1.17. The van der Waals surface area contributed by atoms with Crippen LogP contribution >= 0.6 is 0 Å². The molecule has 0 saturated carbocycles. The SMILES string of the molecule is C[C@H](NC(=O)CC(=O)C1NC1c1ccc(C(=N)N)cc1)c1ccc(S(=O)(=O)c2cccnc2)c(C(F)(F)F)c1. The van der Waals surface area contributed by atoms with Crippen molar-refractivity contribution >= 4 is 27.4 Å². The second-order valence-electron chi connectivity index (χ2n) is 9.04. The van der Waals surface area contributed by atoms with Gasteiger partial charge in [0.25, 0.3) is 0 Å². The first kappa shape index (κ1) is 27.9. The first-order valence-corrected chi connectivity index (χ1v) is 13.2. The van der Waals surface area contributed by atoms with Gasteiger partial charge in [-0.3, -0.25) is 25.3 Å². The summed E-state index contributed by atoms with van der Waals surface area (Å²) in [5, 5.41) is 12.9. The minimum atomic E-state index is -4.99. The van der Waals surface area contributed by atoms with E-state index in [0.717, 1.165) is 23.9 Å². The van der Waals surface area contributed by atoms with E-state index in [9.17, 15) is 31.2 Å². The molecular formula is C26H24F3N5O4S. The summed E-state index contributed by atoms with van der Waals surface area (Å²) in [6.07, 6.45) is -3.23. The number of amides is 1. The van der Waals surface area contributed by atoms with Gasteiger partial charge in [-0.1, -0.05) is 30.3 Å². The molecule has 0 aliphatic carbocycles. The smallest absolute Gasteiger partial charge is 0.384 e. The Balaban J connectivity index is 1.44. The lowest BCUT2D eigenvalue weighted by molar-refractivity contribution is -0.140. The van der Waals surface area contributed by atoms with Gasteiger partial charge in [0.1, 0.15) is 5.84 Å². The van der Waals surface area contributed by atoms with Crippen LogP contribution in [-0.2, 0) is 25.6 Å². The Morgan fingerprint density at radius 3 is 2.44 bits per heavy atom. The molecule has 0 bridgehead atoms. The molecular weight excluding hydrogens is 535 g/mol. The lowest BCUT2D eigenvalue weighted by Gasteiger charge is -2.19. The summed E-state index contributed by atoms with van der Waals surface area (Å²) in [6.45, 7) is 1.43. The van der Waals surface area contributed by atoms with Crippen molar-refractivity contribution < 1.29 is 31.2 Å². The average Bonchev–Trinajstić information content (AvgIpc) is 3.69. The van der Waals surface area contributed by atoms with Crippen LogP contribution in [-0.4, -0.2) is 37.0 Å². The van der Waals surface area contributed by atoms with Crippen molar-refractivity contribution in [2.45, 2.75) is 47.4 Å². The zero-order chi connectivity index (χ0) is 28.5. The lowest BCUT2D eigenvalue weighted by atomic mass is 10.0. The van der Waals surface area contributed by atoms with Crippen molar-refractivity contribution in [3.63, 3.8) is 0 Å². The Morgan fingerprint density at radius 1 is 1.15 bits per heavy atom. The third-order valence-corrected chi connectivity index (χ3v) is 8.06. The first-order valence-electron chi connectivity index (χ1n) is 11.7. The highest BCUT2D eigenvalue weighted by molar-refractivity contribution is 7.91. The number of sulfone groups is 1. The van der Waals surface area contributed by atoms with E-state index < -0.39 is 56.7 Å². The molecule has 5 N–H and O–H groups in total. The molecule has 1 fully saturated rings. The summed E-state index contributed by atoms with van der Waals surface area (Å²) >= 11 is 0. The molecule has 9 nitrogen and oxygen atoms in total. The fraction of sp³-hybridized carbons (Fsp3) is 0.231. The van der Waals surface area contributed by atoms with Crippen molar-refractivity contribution in [2.24, 2.45) is 5.73 Å². The highest BCUT2D eigenvalue weighted by Gasteiger charge is 2.43. The Labute approximate surface area is 222 Å². The number of nitrogen functional groups attached to an aromatic ring is 1. The van der Waals surface area contributed by atoms with Crippen LogP contribution in [0.25, 0.3) is 0 Å². The van der Waals surface area contributed by atoms with Gasteiger partial charge in [0, 0.05) is 18.0 Å². The van der Waals surface area contributed by atoms with Gasteiger partial charge in [0.05, 0.1) is 39.9 Å². The predicted molar refractivity (Wildman–Crippen MR) is 134 cm³/mol. The maximum atomic E-state index is 13.9. The molecule has 3 aromatic rings. The highest BCUT2D eigenvalue weighted by Crippen LogP contribution is 2.38. The van der Waals surface area contributed by atoms with Gasteiger partial charge < -0.3 is 11.1 Å². The number of benzene rings is 2. The normalized spacial score (nSPS) is 17.7. The number of carbonyl (C=O) groups is 2. The number of pyridine rings is 1. The number of ketones is 1. The number of hydrogen-bond donors (Lipinski definition) is 4. The maximum Gasteiger partial charge on any atom is 0.417 e. The molecule has 1 saturated heterocycles. The van der Waals surface area contributed by atoms with E-state index in [4.69, 9.17) is 11.1 Å². The van der Waals surface area contributed by atoms with Gasteiger partial charge in [0.2, 0.25) is 15.7 Å². The standard InChI is InChI=1S/C26H24F3N5O4S/c1-14(33-22(36)12-20(35)24-23(34-24)15-4-6-16(7-5-15)25(30)31)17-8-9-21(19(11-17)26(27,28)29)39(37,38)18-3-2-10-32-13-18/h2-11,13-14,23-24,34H,12H2,1H3,(H3,30,31)(H,33,36)/t14-,23?,24?/m0/s1.